The summed E-state index contributed by atoms with van der Waals surface area (Å²) in [5.74, 6) is -0.352. The fraction of sp³-hybridized carbons (Fsp3) is 0.761. The van der Waals surface area contributed by atoms with E-state index in [0.717, 1.165) is 44.9 Å². The van der Waals surface area contributed by atoms with Crippen LogP contribution in [0.3, 0.4) is 0 Å². The van der Waals surface area contributed by atoms with Crippen LogP contribution in [-0.2, 0) is 32.6 Å². The third kappa shape index (κ3) is 35.2. The van der Waals surface area contributed by atoms with E-state index < -0.39 is 13.9 Å². The highest BCUT2D eigenvalue weighted by molar-refractivity contribution is 7.45. The van der Waals surface area contributed by atoms with Gasteiger partial charge in [-0.25, -0.2) is 0 Å². The van der Waals surface area contributed by atoms with Crippen molar-refractivity contribution in [1.82, 2.24) is 0 Å². The smallest absolute Gasteiger partial charge is 0.305 e. The normalized spacial score (nSPS) is 17.9. The van der Waals surface area contributed by atoms with Crippen LogP contribution in [0.15, 0.2) is 60.9 Å². The summed E-state index contributed by atoms with van der Waals surface area (Å²) in [6.45, 7) is 4.58. The molecule has 0 amide bonds. The Kier molecular flexibility index (Phi) is 32.5. The van der Waals surface area contributed by atoms with Gasteiger partial charge in [-0.1, -0.05) is 127 Å². The first-order valence-corrected chi connectivity index (χ1v) is 23.6. The lowest BCUT2D eigenvalue weighted by Gasteiger charge is -2.28. The third-order valence-corrected chi connectivity index (χ3v) is 10.5. The molecule has 0 saturated carbocycles. The van der Waals surface area contributed by atoms with Crippen molar-refractivity contribution in [3.63, 3.8) is 0 Å². The number of phosphoric acid groups is 1. The maximum Gasteiger partial charge on any atom is 0.305 e. The van der Waals surface area contributed by atoms with Crippen molar-refractivity contribution in [3.8, 4) is 0 Å². The molecule has 0 radical (unpaired) electrons. The molecule has 9 nitrogen and oxygen atoms in total. The highest BCUT2D eigenvalue weighted by Crippen LogP contribution is 2.38. The van der Waals surface area contributed by atoms with Gasteiger partial charge in [-0.15, -0.1) is 0 Å². The molecule has 0 aromatic rings. The largest absolute Gasteiger partial charge is 0.756 e. The van der Waals surface area contributed by atoms with E-state index in [1.165, 1.54) is 89.9 Å². The van der Waals surface area contributed by atoms with Crippen LogP contribution in [0.25, 0.3) is 0 Å². The number of hydrogen-bond donors (Lipinski definition) is 0. The van der Waals surface area contributed by atoms with Crippen molar-refractivity contribution in [2.24, 2.45) is 0 Å². The Labute approximate surface area is 343 Å². The minimum absolute atomic E-state index is 0.0131. The fourth-order valence-corrected chi connectivity index (χ4v) is 6.63. The van der Waals surface area contributed by atoms with Crippen LogP contribution < -0.4 is 4.89 Å². The lowest BCUT2D eigenvalue weighted by Crippen LogP contribution is -2.37. The SMILES string of the molecule is CCCCCC/C=C\CCCCCCCC/C=C/O[C@H](COC(=O)CCC/C=C\C/C=C\C/C=C\CC1OC1CCCCC)COP(=O)([O-])OCC[N+](C)(C)C. The number of quaternary nitrogens is 1. The lowest BCUT2D eigenvalue weighted by atomic mass is 10.1. The molecule has 1 rings (SSSR count). The predicted octanol–water partition coefficient (Wildman–Crippen LogP) is 11.6. The Bertz CT molecular complexity index is 1140. The number of carbonyl (C=O) groups excluding carboxylic acids is 1. The Morgan fingerprint density at radius 1 is 0.679 bits per heavy atom. The van der Waals surface area contributed by atoms with E-state index in [-0.39, 0.29) is 32.2 Å². The first-order valence-electron chi connectivity index (χ1n) is 22.2. The minimum Gasteiger partial charge on any atom is -0.756 e. The van der Waals surface area contributed by atoms with E-state index >= 15 is 0 Å². The topological polar surface area (TPSA) is 107 Å². The molecule has 1 aliphatic rings. The van der Waals surface area contributed by atoms with Crippen molar-refractivity contribution in [1.29, 1.82) is 0 Å². The van der Waals surface area contributed by atoms with E-state index in [2.05, 4.69) is 62.5 Å². The lowest BCUT2D eigenvalue weighted by molar-refractivity contribution is -0.870. The summed E-state index contributed by atoms with van der Waals surface area (Å²) < 4.78 is 40.0. The number of esters is 1. The molecule has 1 fully saturated rings. The molecular weight excluding hydrogens is 725 g/mol. The van der Waals surface area contributed by atoms with Crippen molar-refractivity contribution >= 4 is 13.8 Å². The summed E-state index contributed by atoms with van der Waals surface area (Å²) in [6.07, 6.45) is 46.6. The molecule has 1 heterocycles. The van der Waals surface area contributed by atoms with Gasteiger partial charge in [0, 0.05) is 6.42 Å². The van der Waals surface area contributed by atoms with Gasteiger partial charge >= 0.3 is 5.97 Å². The second kappa shape index (κ2) is 35.0. The standard InChI is InChI=1S/C46H82NO8P/c1-6-8-10-11-12-13-14-15-16-17-18-21-24-27-30-34-39-51-43(42-54-56(49,50)53-40-38-47(3,4)5)41-52-46(48)37-33-29-26-23-20-19-22-25-28-32-36-45-44(55-45)35-31-9-7-2/h13-14,19,22-23,26,28,32,34,39,43-45H,6-12,15-18,20-21,24-25,27,29-31,33,35-38,40-42H2,1-5H3/b14-13-,22-19-,26-23-,32-28-,39-34+/t43-,44?,45?/m1/s1. The Morgan fingerprint density at radius 3 is 1.89 bits per heavy atom. The average Bonchev–Trinajstić information content (AvgIpc) is 3.91. The number of rotatable bonds is 39. The van der Waals surface area contributed by atoms with Crippen molar-refractivity contribution in [2.75, 3.05) is 47.5 Å². The second-order valence-corrected chi connectivity index (χ2v) is 17.6. The van der Waals surface area contributed by atoms with E-state index in [1.807, 2.05) is 27.2 Å². The second-order valence-electron chi connectivity index (χ2n) is 16.1. The van der Waals surface area contributed by atoms with Crippen molar-refractivity contribution in [2.45, 2.75) is 180 Å². The maximum atomic E-state index is 12.5. The number of likely N-dealkylation sites (N-methyl/N-ethyl adjacent to an activating group) is 1. The molecule has 0 spiro atoms. The first kappa shape index (κ1) is 52.0. The van der Waals surface area contributed by atoms with Crippen LogP contribution in [0.1, 0.15) is 162 Å². The van der Waals surface area contributed by atoms with Gasteiger partial charge in [0.05, 0.1) is 46.2 Å². The quantitative estimate of drug-likeness (QED) is 0.0115. The van der Waals surface area contributed by atoms with Gasteiger partial charge in [-0.2, -0.15) is 0 Å². The molecule has 324 valence electrons. The van der Waals surface area contributed by atoms with Crippen molar-refractivity contribution < 1.29 is 42.0 Å². The summed E-state index contributed by atoms with van der Waals surface area (Å²) in [7, 11) is 1.31. The minimum atomic E-state index is -4.53. The van der Waals surface area contributed by atoms with Crippen LogP contribution in [0.4, 0.5) is 0 Å². The molecule has 0 aromatic heterocycles. The van der Waals surface area contributed by atoms with E-state index in [9.17, 15) is 14.3 Å². The summed E-state index contributed by atoms with van der Waals surface area (Å²) in [4.78, 5) is 24.8. The molecule has 0 aromatic carbocycles. The van der Waals surface area contributed by atoms with Crippen molar-refractivity contribution in [3.05, 3.63) is 60.9 Å². The number of ether oxygens (including phenoxy) is 3. The first-order chi connectivity index (χ1) is 27.1. The maximum absolute atomic E-state index is 12.5. The predicted molar refractivity (Wildman–Crippen MR) is 230 cm³/mol. The van der Waals surface area contributed by atoms with Crippen LogP contribution in [0, 0.1) is 0 Å². The molecule has 3 unspecified atom stereocenters. The molecule has 4 atom stereocenters. The van der Waals surface area contributed by atoms with Gasteiger partial charge in [-0.3, -0.25) is 9.36 Å². The zero-order chi connectivity index (χ0) is 41.0. The van der Waals surface area contributed by atoms with Crippen LogP contribution in [0.2, 0.25) is 0 Å². The van der Waals surface area contributed by atoms with E-state index in [4.69, 9.17) is 23.3 Å². The zero-order valence-electron chi connectivity index (χ0n) is 36.3. The molecule has 1 saturated heterocycles. The van der Waals surface area contributed by atoms with Crippen LogP contribution in [0.5, 0.6) is 0 Å². The molecule has 56 heavy (non-hydrogen) atoms. The summed E-state index contributed by atoms with van der Waals surface area (Å²) >= 11 is 0. The van der Waals surface area contributed by atoms with E-state index in [1.54, 1.807) is 6.26 Å². The Hall–Kier alpha value is -2.00. The van der Waals surface area contributed by atoms with Gasteiger partial charge in [0.25, 0.3) is 7.82 Å². The van der Waals surface area contributed by atoms with Gasteiger partial charge in [-0.05, 0) is 83.1 Å². The van der Waals surface area contributed by atoms with E-state index in [0.29, 0.717) is 29.7 Å². The molecule has 1 aliphatic heterocycles. The van der Waals surface area contributed by atoms with Crippen LogP contribution >= 0.6 is 7.82 Å². The number of carbonyl (C=O) groups is 1. The highest BCUT2D eigenvalue weighted by atomic mass is 31.2. The molecule has 0 aliphatic carbocycles. The number of nitrogens with zero attached hydrogens (tertiary/aromatic N) is 1. The molecular formula is C46H82NO8P. The molecule has 0 N–H and O–H groups in total. The number of hydrogen-bond acceptors (Lipinski definition) is 8. The molecule has 0 bridgehead atoms. The summed E-state index contributed by atoms with van der Waals surface area (Å²) in [5.41, 5.74) is 0. The summed E-state index contributed by atoms with van der Waals surface area (Å²) in [6, 6.07) is 0. The number of unbranched alkanes of at least 4 members (excludes halogenated alkanes) is 14. The Morgan fingerprint density at radius 2 is 1.23 bits per heavy atom. The number of allylic oxidation sites excluding steroid dienone is 8. The third-order valence-electron chi connectivity index (χ3n) is 9.55. The molecule has 10 heteroatoms. The van der Waals surface area contributed by atoms with Gasteiger partial charge in [0.1, 0.15) is 19.8 Å². The Balaban J connectivity index is 2.28. The fourth-order valence-electron chi connectivity index (χ4n) is 5.90. The van der Waals surface area contributed by atoms with Crippen LogP contribution in [-0.4, -0.2) is 76.3 Å². The van der Waals surface area contributed by atoms with Gasteiger partial charge in [0.15, 0.2) is 6.10 Å². The van der Waals surface area contributed by atoms with Gasteiger partial charge in [0.2, 0.25) is 0 Å². The average molecular weight is 808 g/mol. The highest BCUT2D eigenvalue weighted by Gasteiger charge is 2.36. The monoisotopic (exact) mass is 808 g/mol. The zero-order valence-corrected chi connectivity index (χ0v) is 37.2. The number of epoxide rings is 1. The number of phosphoric ester groups is 1. The summed E-state index contributed by atoms with van der Waals surface area (Å²) in [5, 5.41) is 0. The van der Waals surface area contributed by atoms with Gasteiger partial charge < -0.3 is 32.6 Å².